The minimum atomic E-state index is -4.67. The van der Waals surface area contributed by atoms with Crippen molar-refractivity contribution in [3.63, 3.8) is 0 Å². The molecule has 7 heteroatoms. The first kappa shape index (κ1) is 18.6. The van der Waals surface area contributed by atoms with E-state index >= 15 is 0 Å². The van der Waals surface area contributed by atoms with Crippen molar-refractivity contribution in [1.82, 2.24) is 0 Å². The van der Waals surface area contributed by atoms with Crippen LogP contribution in [0.3, 0.4) is 0 Å². The first-order valence-electron chi connectivity index (χ1n) is 10.6. The average Bonchev–Trinajstić information content (AvgIpc) is 2.73. The summed E-state index contributed by atoms with van der Waals surface area (Å²) in [6.07, 6.45) is 3.66. The fourth-order valence-electron chi connectivity index (χ4n) is 6.86. The summed E-state index contributed by atoms with van der Waals surface area (Å²) in [6, 6.07) is 0. The van der Waals surface area contributed by atoms with Gasteiger partial charge in [-0.1, -0.05) is 13.8 Å². The van der Waals surface area contributed by atoms with E-state index in [0.29, 0.717) is 37.0 Å². The molecule has 0 aromatic rings. The van der Waals surface area contributed by atoms with E-state index in [0.717, 1.165) is 32.1 Å². The SMILES string of the molecule is [2H]C1([2H])C[C@H]2[C@@H]3CC[C@H]4C[C@H](OS(=O)(=O)[O-])CC[C@]4(C)[C@H]3CC[C@]2(C)C1=O.[Na+]. The molecule has 0 radical (unpaired) electrons. The zero-order valence-electron chi connectivity index (χ0n) is 18.0. The van der Waals surface area contributed by atoms with Crippen molar-refractivity contribution in [2.75, 3.05) is 0 Å². The summed E-state index contributed by atoms with van der Waals surface area (Å²) in [5.41, 5.74) is -0.486. The maximum atomic E-state index is 12.7. The number of hydrogen-bond donors (Lipinski definition) is 0. The smallest absolute Gasteiger partial charge is 0.726 e. The summed E-state index contributed by atoms with van der Waals surface area (Å²) < 4.78 is 54.0. The summed E-state index contributed by atoms with van der Waals surface area (Å²) in [7, 11) is -4.67. The number of fused-ring (bicyclic) bond motifs is 5. The molecule has 4 fully saturated rings. The van der Waals surface area contributed by atoms with Crippen LogP contribution >= 0.6 is 0 Å². The fraction of sp³-hybridized carbons (Fsp3) is 0.947. The Hall–Kier alpha value is 0.540. The van der Waals surface area contributed by atoms with Crippen LogP contribution < -0.4 is 29.6 Å². The van der Waals surface area contributed by atoms with Crippen LogP contribution in [0.4, 0.5) is 0 Å². The summed E-state index contributed by atoms with van der Waals surface area (Å²) in [5.74, 6) is 1.00. The van der Waals surface area contributed by atoms with E-state index in [1.807, 2.05) is 6.92 Å². The molecule has 4 aliphatic rings. The van der Waals surface area contributed by atoms with E-state index in [2.05, 4.69) is 6.92 Å². The van der Waals surface area contributed by atoms with Crippen LogP contribution in [-0.2, 0) is 19.4 Å². The van der Waals surface area contributed by atoms with Gasteiger partial charge in [0.15, 0.2) is 0 Å². The van der Waals surface area contributed by atoms with Gasteiger partial charge >= 0.3 is 29.6 Å². The van der Waals surface area contributed by atoms with Gasteiger partial charge in [0.05, 0.1) is 6.10 Å². The zero-order chi connectivity index (χ0) is 19.8. The van der Waals surface area contributed by atoms with Crippen LogP contribution in [0.5, 0.6) is 0 Å². The molecule has 26 heavy (non-hydrogen) atoms. The Balaban J connectivity index is 0.00000225. The van der Waals surface area contributed by atoms with Gasteiger partial charge in [-0.3, -0.25) is 8.98 Å². The van der Waals surface area contributed by atoms with Crippen LogP contribution in [0, 0.1) is 34.5 Å². The van der Waals surface area contributed by atoms with Crippen molar-refractivity contribution in [2.45, 2.75) is 77.7 Å². The average molecular weight is 395 g/mol. The number of Topliss-reactive ketones (excluding diaryl/α,β-unsaturated/α-hetero) is 1. The molecule has 0 aromatic heterocycles. The van der Waals surface area contributed by atoms with Crippen molar-refractivity contribution in [3.05, 3.63) is 0 Å². The van der Waals surface area contributed by atoms with Gasteiger partial charge in [0.25, 0.3) is 0 Å². The van der Waals surface area contributed by atoms with E-state index in [1.54, 1.807) is 0 Å². The maximum Gasteiger partial charge on any atom is 1.00 e. The van der Waals surface area contributed by atoms with E-state index in [1.165, 1.54) is 0 Å². The second-order valence-electron chi connectivity index (χ2n) is 9.22. The molecule has 0 bridgehead atoms. The van der Waals surface area contributed by atoms with Gasteiger partial charge in [-0.15, -0.1) is 0 Å². The van der Waals surface area contributed by atoms with Crippen LogP contribution in [0.15, 0.2) is 0 Å². The van der Waals surface area contributed by atoms with Crippen LogP contribution in [0.1, 0.15) is 74.3 Å². The number of ketones is 1. The Morgan fingerprint density at radius 2 is 1.85 bits per heavy atom. The molecule has 4 saturated carbocycles. The number of carbonyl (C=O) groups excluding carboxylic acids is 1. The van der Waals surface area contributed by atoms with Gasteiger partial charge < -0.3 is 4.55 Å². The van der Waals surface area contributed by atoms with Crippen LogP contribution in [0.25, 0.3) is 0 Å². The molecule has 0 unspecified atom stereocenters. The first-order valence-corrected chi connectivity index (χ1v) is 10.9. The Labute approximate surface area is 182 Å². The molecule has 0 spiro atoms. The van der Waals surface area contributed by atoms with E-state index in [4.69, 9.17) is 6.92 Å². The Morgan fingerprint density at radius 1 is 1.12 bits per heavy atom. The third-order valence-electron chi connectivity index (χ3n) is 8.26. The van der Waals surface area contributed by atoms with Gasteiger partial charge in [0.1, 0.15) is 5.78 Å². The summed E-state index contributed by atoms with van der Waals surface area (Å²) >= 11 is 0. The molecule has 0 saturated heterocycles. The van der Waals surface area contributed by atoms with Gasteiger partial charge in [-0.05, 0) is 80.5 Å². The van der Waals surface area contributed by atoms with E-state index < -0.39 is 28.3 Å². The van der Waals surface area contributed by atoms with Crippen LogP contribution in [0.2, 0.25) is 0 Å². The van der Waals surface area contributed by atoms with E-state index in [9.17, 15) is 17.8 Å². The fourth-order valence-corrected chi connectivity index (χ4v) is 7.36. The molecule has 0 aromatic carbocycles. The molecule has 0 heterocycles. The van der Waals surface area contributed by atoms with E-state index in [-0.39, 0.29) is 46.7 Å². The molecule has 7 atom stereocenters. The number of rotatable bonds is 2. The minimum Gasteiger partial charge on any atom is -0.726 e. The van der Waals surface area contributed by atoms with Gasteiger partial charge in [0.2, 0.25) is 10.4 Å². The molecule has 4 aliphatic carbocycles. The van der Waals surface area contributed by atoms with Crippen molar-refractivity contribution < 1.29 is 54.2 Å². The second kappa shape index (κ2) is 7.10. The van der Waals surface area contributed by atoms with Gasteiger partial charge in [-0.25, -0.2) is 8.42 Å². The zero-order valence-corrected chi connectivity index (χ0v) is 18.8. The first-order chi connectivity index (χ1) is 12.4. The topological polar surface area (TPSA) is 83.5 Å². The summed E-state index contributed by atoms with van der Waals surface area (Å²) in [4.78, 5) is 12.7. The Bertz CT molecular complexity index is 759. The number of carbonyl (C=O) groups is 1. The molecule has 0 aliphatic heterocycles. The predicted molar refractivity (Wildman–Crippen MR) is 91.3 cm³/mol. The molecule has 4 rings (SSSR count). The molecule has 0 amide bonds. The molecular weight excluding hydrogens is 363 g/mol. The van der Waals surface area contributed by atoms with Gasteiger partial charge in [0, 0.05) is 14.5 Å². The quantitative estimate of drug-likeness (QED) is 0.386. The standard InChI is InChI=1S/C19H30O5S.Na/c1-18-9-7-13(24-25(21,22)23)11-12(18)3-4-14-15-5-6-17(20)19(15,2)10-8-16(14)18;/h12-16H,3-11H2,1-2H3,(H,21,22,23);/q;+1/p-1/t12-,13+,14-,15-,16-,18-,19-;/m0./s1/i6D2;. The monoisotopic (exact) mass is 394 g/mol. The largest absolute Gasteiger partial charge is 1.00 e. The molecule has 0 N–H and O–H groups in total. The summed E-state index contributed by atoms with van der Waals surface area (Å²) in [5, 5.41) is 0. The normalized spacial score (nSPS) is 51.2. The third-order valence-corrected chi connectivity index (χ3v) is 8.77. The minimum absolute atomic E-state index is 0. The second-order valence-corrected chi connectivity index (χ2v) is 10.2. The number of hydrogen-bond acceptors (Lipinski definition) is 5. The Kier molecular flexibility index (Phi) is 5.07. The van der Waals surface area contributed by atoms with Crippen molar-refractivity contribution in [2.24, 2.45) is 34.5 Å². The van der Waals surface area contributed by atoms with Crippen molar-refractivity contribution >= 4 is 16.2 Å². The van der Waals surface area contributed by atoms with Crippen molar-refractivity contribution in [1.29, 1.82) is 0 Å². The van der Waals surface area contributed by atoms with Crippen LogP contribution in [-0.4, -0.2) is 24.9 Å². The molecule has 142 valence electrons. The Morgan fingerprint density at radius 3 is 2.54 bits per heavy atom. The third kappa shape index (κ3) is 3.37. The van der Waals surface area contributed by atoms with Gasteiger partial charge in [-0.2, -0.15) is 0 Å². The van der Waals surface area contributed by atoms with Crippen molar-refractivity contribution in [3.8, 4) is 0 Å². The molecular formula is C19H29NaO5S. The molecule has 5 nitrogen and oxygen atoms in total. The summed E-state index contributed by atoms with van der Waals surface area (Å²) in [6.45, 7) is 4.25. The predicted octanol–water partition coefficient (Wildman–Crippen LogP) is 0.448. The maximum absolute atomic E-state index is 12.7.